The maximum absolute atomic E-state index is 13.2. The van der Waals surface area contributed by atoms with E-state index in [0.29, 0.717) is 31.0 Å². The van der Waals surface area contributed by atoms with Crippen molar-refractivity contribution in [2.24, 2.45) is 5.92 Å². The van der Waals surface area contributed by atoms with Crippen molar-refractivity contribution in [2.45, 2.75) is 44.2 Å². The number of carbonyl (C=O) groups excluding carboxylic acids is 1. The highest BCUT2D eigenvalue weighted by Gasteiger charge is 2.43. The van der Waals surface area contributed by atoms with Gasteiger partial charge in [-0.15, -0.1) is 0 Å². The molecule has 0 radical (unpaired) electrons. The molecular weight excluding hydrogens is 482 g/mol. The largest absolute Gasteiger partial charge is 0.486 e. The number of anilines is 1. The SMILES string of the molecule is N=C1CC2(CCN(C(=O)C3CCN(Cc4ccnc(N)c4)CC3)CC2)Oc2ccc(Br)cc21. The number of amides is 1. The van der Waals surface area contributed by atoms with Gasteiger partial charge >= 0.3 is 0 Å². The maximum atomic E-state index is 13.2. The van der Waals surface area contributed by atoms with Crippen LogP contribution in [0.2, 0.25) is 0 Å². The third-order valence-electron chi connectivity index (χ3n) is 7.27. The zero-order valence-electron chi connectivity index (χ0n) is 18.7. The van der Waals surface area contributed by atoms with Crippen LogP contribution in [0.5, 0.6) is 5.75 Å². The second kappa shape index (κ2) is 9.06. The lowest BCUT2D eigenvalue weighted by molar-refractivity contribution is -0.140. The van der Waals surface area contributed by atoms with E-state index in [4.69, 9.17) is 15.9 Å². The molecule has 0 bridgehead atoms. The average Bonchev–Trinajstić information content (AvgIpc) is 2.80. The number of piperidine rings is 2. The van der Waals surface area contributed by atoms with Crippen molar-refractivity contribution in [3.05, 3.63) is 52.1 Å². The van der Waals surface area contributed by atoms with Crippen LogP contribution in [0.25, 0.3) is 0 Å². The monoisotopic (exact) mass is 511 g/mol. The van der Waals surface area contributed by atoms with Gasteiger partial charge in [0.15, 0.2) is 0 Å². The maximum Gasteiger partial charge on any atom is 0.225 e. The number of nitrogen functional groups attached to an aromatic ring is 1. The predicted octanol–water partition coefficient (Wildman–Crippen LogP) is 3.85. The summed E-state index contributed by atoms with van der Waals surface area (Å²) in [6.07, 6.45) is 5.70. The molecule has 0 saturated carbocycles. The first-order valence-corrected chi connectivity index (χ1v) is 12.5. The van der Waals surface area contributed by atoms with Gasteiger partial charge in [-0.3, -0.25) is 9.69 Å². The average molecular weight is 512 g/mol. The summed E-state index contributed by atoms with van der Waals surface area (Å²) in [7, 11) is 0. The van der Waals surface area contributed by atoms with E-state index in [2.05, 4.69) is 25.8 Å². The summed E-state index contributed by atoms with van der Waals surface area (Å²) < 4.78 is 7.38. The molecule has 1 aromatic carbocycles. The van der Waals surface area contributed by atoms with E-state index in [1.165, 1.54) is 5.56 Å². The van der Waals surface area contributed by atoms with Crippen molar-refractivity contribution in [1.29, 1.82) is 5.41 Å². The molecule has 2 saturated heterocycles. The van der Waals surface area contributed by atoms with E-state index >= 15 is 0 Å². The fourth-order valence-electron chi connectivity index (χ4n) is 5.37. The molecular formula is C25H30BrN5O2. The molecule has 1 spiro atoms. The van der Waals surface area contributed by atoms with Crippen LogP contribution in [0.1, 0.15) is 43.2 Å². The fraction of sp³-hybridized carbons (Fsp3) is 0.480. The molecule has 1 amide bonds. The Morgan fingerprint density at radius 2 is 1.94 bits per heavy atom. The minimum Gasteiger partial charge on any atom is -0.486 e. The lowest BCUT2D eigenvalue weighted by atomic mass is 9.81. The minimum absolute atomic E-state index is 0.0986. The number of pyridine rings is 1. The molecule has 7 nitrogen and oxygen atoms in total. The summed E-state index contributed by atoms with van der Waals surface area (Å²) in [6.45, 7) is 4.09. The Kier molecular flexibility index (Phi) is 6.14. The quantitative estimate of drug-likeness (QED) is 0.652. The number of fused-ring (bicyclic) bond motifs is 1. The van der Waals surface area contributed by atoms with E-state index in [1.807, 2.05) is 35.2 Å². The molecule has 5 rings (SSSR count). The Hall–Kier alpha value is -2.45. The van der Waals surface area contributed by atoms with E-state index in [9.17, 15) is 4.79 Å². The summed E-state index contributed by atoms with van der Waals surface area (Å²) in [4.78, 5) is 21.7. The second-order valence-corrected chi connectivity index (χ2v) is 10.5. The molecule has 8 heteroatoms. The van der Waals surface area contributed by atoms with E-state index in [1.54, 1.807) is 6.20 Å². The van der Waals surface area contributed by atoms with Gasteiger partial charge in [0.05, 0.1) is 0 Å². The zero-order chi connectivity index (χ0) is 23.0. The highest BCUT2D eigenvalue weighted by molar-refractivity contribution is 9.10. The van der Waals surface area contributed by atoms with Gasteiger partial charge in [-0.05, 0) is 61.8 Å². The van der Waals surface area contributed by atoms with Crippen LogP contribution in [-0.2, 0) is 11.3 Å². The number of ether oxygens (including phenoxy) is 1. The Bertz CT molecular complexity index is 1060. The first-order valence-electron chi connectivity index (χ1n) is 11.7. The van der Waals surface area contributed by atoms with Crippen molar-refractivity contribution < 1.29 is 9.53 Å². The Balaban J connectivity index is 1.14. The van der Waals surface area contributed by atoms with Gasteiger partial charge < -0.3 is 20.8 Å². The lowest BCUT2D eigenvalue weighted by Gasteiger charge is -2.45. The molecule has 174 valence electrons. The third kappa shape index (κ3) is 4.77. The molecule has 4 heterocycles. The van der Waals surface area contributed by atoms with Crippen LogP contribution < -0.4 is 10.5 Å². The van der Waals surface area contributed by atoms with E-state index in [-0.39, 0.29) is 17.4 Å². The number of nitrogens with zero attached hydrogens (tertiary/aromatic N) is 3. The van der Waals surface area contributed by atoms with Gasteiger partial charge in [-0.1, -0.05) is 15.9 Å². The number of halogens is 1. The predicted molar refractivity (Wildman–Crippen MR) is 131 cm³/mol. The number of hydrogen-bond donors (Lipinski definition) is 2. The van der Waals surface area contributed by atoms with Crippen LogP contribution in [0.15, 0.2) is 41.0 Å². The molecule has 1 aromatic heterocycles. The molecule has 3 N–H and O–H groups in total. The third-order valence-corrected chi connectivity index (χ3v) is 7.76. The summed E-state index contributed by atoms with van der Waals surface area (Å²) in [6, 6.07) is 9.78. The van der Waals surface area contributed by atoms with Gasteiger partial charge in [0.1, 0.15) is 17.2 Å². The van der Waals surface area contributed by atoms with Crippen molar-refractivity contribution in [3.8, 4) is 5.75 Å². The summed E-state index contributed by atoms with van der Waals surface area (Å²) in [5.41, 5.74) is 8.10. The van der Waals surface area contributed by atoms with Crippen molar-refractivity contribution in [3.63, 3.8) is 0 Å². The van der Waals surface area contributed by atoms with Gasteiger partial charge in [-0.2, -0.15) is 0 Å². The lowest BCUT2D eigenvalue weighted by Crippen LogP contribution is -2.53. The molecule has 3 aliphatic rings. The van der Waals surface area contributed by atoms with Gasteiger partial charge in [0, 0.05) is 66.8 Å². The molecule has 0 aliphatic carbocycles. The molecule has 33 heavy (non-hydrogen) atoms. The van der Waals surface area contributed by atoms with Crippen LogP contribution in [0.3, 0.4) is 0 Å². The standard InChI is InChI=1S/C25H30BrN5O2/c26-19-1-2-22-20(14-19)21(27)15-25(33-22)6-11-31(12-7-25)24(32)18-4-9-30(10-5-18)16-17-3-8-29-23(28)13-17/h1-3,8,13-14,18,27H,4-7,9-12,15-16H2,(H2,28,29). The number of carbonyl (C=O) groups is 1. The van der Waals surface area contributed by atoms with Gasteiger partial charge in [-0.25, -0.2) is 4.98 Å². The highest BCUT2D eigenvalue weighted by Crippen LogP contribution is 2.40. The van der Waals surface area contributed by atoms with Crippen LogP contribution in [0, 0.1) is 11.3 Å². The molecule has 0 atom stereocenters. The van der Waals surface area contributed by atoms with Crippen LogP contribution in [-0.4, -0.2) is 58.2 Å². The second-order valence-electron chi connectivity index (χ2n) is 9.55. The Labute approximate surface area is 202 Å². The summed E-state index contributed by atoms with van der Waals surface area (Å²) >= 11 is 3.48. The molecule has 0 unspecified atom stereocenters. The Morgan fingerprint density at radius 1 is 1.18 bits per heavy atom. The van der Waals surface area contributed by atoms with Gasteiger partial charge in [0.2, 0.25) is 5.91 Å². The Morgan fingerprint density at radius 3 is 2.67 bits per heavy atom. The van der Waals surface area contributed by atoms with E-state index < -0.39 is 0 Å². The molecule has 2 fully saturated rings. The highest BCUT2D eigenvalue weighted by atomic mass is 79.9. The number of nitrogens with two attached hydrogens (primary N) is 1. The van der Waals surface area contributed by atoms with Gasteiger partial charge in [0.25, 0.3) is 0 Å². The fourth-order valence-corrected chi connectivity index (χ4v) is 5.74. The normalized spacial score (nSPS) is 21.0. The minimum atomic E-state index is -0.357. The number of benzene rings is 1. The summed E-state index contributed by atoms with van der Waals surface area (Å²) in [5.74, 6) is 1.72. The smallest absolute Gasteiger partial charge is 0.225 e. The number of hydrogen-bond acceptors (Lipinski definition) is 6. The van der Waals surface area contributed by atoms with Crippen molar-refractivity contribution in [1.82, 2.24) is 14.8 Å². The number of nitrogens with one attached hydrogen (secondary N) is 1. The molecule has 2 aromatic rings. The number of rotatable bonds is 3. The van der Waals surface area contributed by atoms with Crippen LogP contribution >= 0.6 is 15.9 Å². The summed E-state index contributed by atoms with van der Waals surface area (Å²) in [5, 5.41) is 8.54. The first kappa shape index (κ1) is 22.3. The zero-order valence-corrected chi connectivity index (χ0v) is 20.3. The number of aromatic nitrogens is 1. The topological polar surface area (TPSA) is 95.5 Å². The number of likely N-dealkylation sites (tertiary alicyclic amines) is 2. The van der Waals surface area contributed by atoms with Crippen molar-refractivity contribution >= 4 is 33.4 Å². The molecule has 3 aliphatic heterocycles. The van der Waals surface area contributed by atoms with Crippen molar-refractivity contribution in [2.75, 3.05) is 31.9 Å². The first-order chi connectivity index (χ1) is 15.9. The van der Waals surface area contributed by atoms with E-state index in [0.717, 1.165) is 61.1 Å². The van der Waals surface area contributed by atoms with Crippen LogP contribution in [0.4, 0.5) is 5.82 Å².